The maximum Gasteiger partial charge on any atom is 0.223 e. The van der Waals surface area contributed by atoms with Gasteiger partial charge in [0.1, 0.15) is 0 Å². The van der Waals surface area contributed by atoms with Crippen LogP contribution in [0.15, 0.2) is 4.52 Å². The molecule has 1 aliphatic carbocycles. The third kappa shape index (κ3) is 2.82. The predicted octanol–water partition coefficient (Wildman–Crippen LogP) is 2.29. The molecule has 1 N–H and O–H groups in total. The lowest BCUT2D eigenvalue weighted by Crippen LogP contribution is -2.38. The number of hydrogen-bond donors (Lipinski definition) is 1. The fraction of sp³-hybridized carbons (Fsp3) is 0.833. The van der Waals surface area contributed by atoms with E-state index in [9.17, 15) is 0 Å². The van der Waals surface area contributed by atoms with E-state index in [1.807, 2.05) is 6.92 Å². The van der Waals surface area contributed by atoms with Crippen molar-refractivity contribution in [2.75, 3.05) is 0 Å². The van der Waals surface area contributed by atoms with Crippen LogP contribution in [0.2, 0.25) is 0 Å². The minimum absolute atomic E-state index is 0.606. The van der Waals surface area contributed by atoms with Gasteiger partial charge in [-0.15, -0.1) is 0 Å². The number of aryl methyl sites for hydroxylation is 1. The molecule has 1 aromatic heterocycles. The first kappa shape index (κ1) is 11.6. The Morgan fingerprint density at radius 2 is 2.19 bits per heavy atom. The van der Waals surface area contributed by atoms with Gasteiger partial charge in [0.15, 0.2) is 5.82 Å². The fourth-order valence-corrected chi connectivity index (χ4v) is 2.60. The minimum Gasteiger partial charge on any atom is -0.340 e. The zero-order chi connectivity index (χ0) is 11.5. The number of nitrogens with zero attached hydrogens (tertiary/aromatic N) is 2. The van der Waals surface area contributed by atoms with Crippen LogP contribution in [0.25, 0.3) is 0 Å². The molecule has 1 aromatic rings. The summed E-state index contributed by atoms with van der Waals surface area (Å²) in [6.45, 7) is 7.21. The lowest BCUT2D eigenvalue weighted by Gasteiger charge is -2.33. The second kappa shape index (κ2) is 4.95. The Hall–Kier alpha value is -0.900. The summed E-state index contributed by atoms with van der Waals surface area (Å²) < 4.78 is 4.95. The first-order valence-electron chi connectivity index (χ1n) is 6.17. The van der Waals surface area contributed by atoms with Gasteiger partial charge in [-0.2, -0.15) is 4.98 Å². The van der Waals surface area contributed by atoms with E-state index < -0.39 is 0 Å². The van der Waals surface area contributed by atoms with E-state index >= 15 is 0 Å². The van der Waals surface area contributed by atoms with Gasteiger partial charge in [-0.05, 0) is 31.1 Å². The highest BCUT2D eigenvalue weighted by Crippen LogP contribution is 2.28. The summed E-state index contributed by atoms with van der Waals surface area (Å²) in [7, 11) is 0. The molecule has 16 heavy (non-hydrogen) atoms. The van der Waals surface area contributed by atoms with Gasteiger partial charge >= 0.3 is 0 Å². The van der Waals surface area contributed by atoms with E-state index in [0.29, 0.717) is 11.9 Å². The standard InChI is InChI=1S/C12H21N3O/c1-8-4-5-11(9(2)6-8)13-7-12-14-10(3)16-15-12/h8-9,11,13H,4-7H2,1-3H3. The van der Waals surface area contributed by atoms with E-state index in [1.165, 1.54) is 19.3 Å². The second-order valence-electron chi connectivity index (χ2n) is 5.11. The molecule has 4 heteroatoms. The average molecular weight is 223 g/mol. The molecule has 3 unspecified atom stereocenters. The van der Waals surface area contributed by atoms with Crippen LogP contribution < -0.4 is 5.32 Å². The zero-order valence-corrected chi connectivity index (χ0v) is 10.4. The SMILES string of the molecule is Cc1nc(CNC2CCC(C)CC2C)no1. The summed E-state index contributed by atoms with van der Waals surface area (Å²) in [4.78, 5) is 4.19. The van der Waals surface area contributed by atoms with Crippen molar-refractivity contribution < 1.29 is 4.52 Å². The average Bonchev–Trinajstić information content (AvgIpc) is 2.63. The quantitative estimate of drug-likeness (QED) is 0.854. The van der Waals surface area contributed by atoms with Crippen molar-refractivity contribution in [2.45, 2.75) is 52.6 Å². The van der Waals surface area contributed by atoms with E-state index in [4.69, 9.17) is 4.52 Å². The smallest absolute Gasteiger partial charge is 0.223 e. The molecule has 4 nitrogen and oxygen atoms in total. The molecule has 0 saturated heterocycles. The molecule has 90 valence electrons. The number of rotatable bonds is 3. The van der Waals surface area contributed by atoms with Crippen molar-refractivity contribution in [1.82, 2.24) is 15.5 Å². The molecule has 0 amide bonds. The van der Waals surface area contributed by atoms with Crippen LogP contribution in [0.1, 0.15) is 44.8 Å². The molecule has 0 aromatic carbocycles. The summed E-state index contributed by atoms with van der Waals surface area (Å²) in [5.74, 6) is 3.03. The van der Waals surface area contributed by atoms with Crippen LogP contribution in [0.3, 0.4) is 0 Å². The van der Waals surface area contributed by atoms with Gasteiger partial charge in [0.05, 0.1) is 6.54 Å². The summed E-state index contributed by atoms with van der Waals surface area (Å²) in [6.07, 6.45) is 3.91. The third-order valence-corrected chi connectivity index (χ3v) is 3.52. The normalized spacial score (nSPS) is 30.6. The molecule has 1 heterocycles. The monoisotopic (exact) mass is 223 g/mol. The summed E-state index contributed by atoms with van der Waals surface area (Å²) in [5.41, 5.74) is 0. The largest absolute Gasteiger partial charge is 0.340 e. The van der Waals surface area contributed by atoms with E-state index in [0.717, 1.165) is 24.2 Å². The summed E-state index contributed by atoms with van der Waals surface area (Å²) >= 11 is 0. The number of hydrogen-bond acceptors (Lipinski definition) is 4. The highest BCUT2D eigenvalue weighted by atomic mass is 16.5. The van der Waals surface area contributed by atoms with Gasteiger partial charge < -0.3 is 9.84 Å². The Morgan fingerprint density at radius 3 is 2.81 bits per heavy atom. The predicted molar refractivity (Wildman–Crippen MR) is 61.8 cm³/mol. The fourth-order valence-electron chi connectivity index (χ4n) is 2.60. The second-order valence-corrected chi connectivity index (χ2v) is 5.11. The molecule has 0 radical (unpaired) electrons. The van der Waals surface area contributed by atoms with Crippen molar-refractivity contribution in [1.29, 1.82) is 0 Å². The molecule has 0 aliphatic heterocycles. The van der Waals surface area contributed by atoms with Gasteiger partial charge in [0, 0.05) is 13.0 Å². The number of nitrogens with one attached hydrogen (secondary N) is 1. The highest BCUT2D eigenvalue weighted by Gasteiger charge is 2.24. The molecule has 3 atom stereocenters. The van der Waals surface area contributed by atoms with Crippen molar-refractivity contribution >= 4 is 0 Å². The maximum absolute atomic E-state index is 4.95. The Labute approximate surface area is 96.8 Å². The van der Waals surface area contributed by atoms with Crippen molar-refractivity contribution in [3.05, 3.63) is 11.7 Å². The van der Waals surface area contributed by atoms with Crippen LogP contribution in [0, 0.1) is 18.8 Å². The van der Waals surface area contributed by atoms with Gasteiger partial charge in [0.25, 0.3) is 0 Å². The van der Waals surface area contributed by atoms with E-state index in [1.54, 1.807) is 0 Å². The first-order chi connectivity index (χ1) is 7.65. The van der Waals surface area contributed by atoms with Gasteiger partial charge in [-0.25, -0.2) is 0 Å². The molecule has 2 rings (SSSR count). The van der Waals surface area contributed by atoms with Crippen molar-refractivity contribution in [3.63, 3.8) is 0 Å². The zero-order valence-electron chi connectivity index (χ0n) is 10.4. The first-order valence-corrected chi connectivity index (χ1v) is 6.17. The highest BCUT2D eigenvalue weighted by molar-refractivity contribution is 4.87. The molecule has 1 fully saturated rings. The van der Waals surface area contributed by atoms with Gasteiger partial charge in [0.2, 0.25) is 5.89 Å². The molecule has 1 saturated carbocycles. The Kier molecular flexibility index (Phi) is 3.59. The van der Waals surface area contributed by atoms with Crippen LogP contribution in [0.4, 0.5) is 0 Å². The van der Waals surface area contributed by atoms with Gasteiger partial charge in [-0.3, -0.25) is 0 Å². The van der Waals surface area contributed by atoms with Crippen molar-refractivity contribution in [2.24, 2.45) is 11.8 Å². The lowest BCUT2D eigenvalue weighted by molar-refractivity contribution is 0.225. The third-order valence-electron chi connectivity index (χ3n) is 3.52. The number of aromatic nitrogens is 2. The Bertz CT molecular complexity index is 337. The van der Waals surface area contributed by atoms with Crippen molar-refractivity contribution in [3.8, 4) is 0 Å². The lowest BCUT2D eigenvalue weighted by atomic mass is 9.80. The topological polar surface area (TPSA) is 51.0 Å². The summed E-state index contributed by atoms with van der Waals surface area (Å²) in [6, 6.07) is 0.606. The summed E-state index contributed by atoms with van der Waals surface area (Å²) in [5, 5.41) is 7.43. The molecule has 0 bridgehead atoms. The Balaban J connectivity index is 1.81. The molecular weight excluding hydrogens is 202 g/mol. The van der Waals surface area contributed by atoms with Crippen LogP contribution in [-0.4, -0.2) is 16.2 Å². The van der Waals surface area contributed by atoms with Crippen LogP contribution in [0.5, 0.6) is 0 Å². The maximum atomic E-state index is 4.95. The molecule has 1 aliphatic rings. The van der Waals surface area contributed by atoms with Crippen LogP contribution >= 0.6 is 0 Å². The minimum atomic E-state index is 0.606. The van der Waals surface area contributed by atoms with Crippen LogP contribution in [-0.2, 0) is 6.54 Å². The molecule has 0 spiro atoms. The van der Waals surface area contributed by atoms with E-state index in [2.05, 4.69) is 29.3 Å². The van der Waals surface area contributed by atoms with Gasteiger partial charge in [-0.1, -0.05) is 19.0 Å². The molecular formula is C12H21N3O. The Morgan fingerprint density at radius 1 is 1.38 bits per heavy atom. The van der Waals surface area contributed by atoms with E-state index in [-0.39, 0.29) is 0 Å².